The minimum Gasteiger partial charge on any atom is -0.310 e. The van der Waals surface area contributed by atoms with Crippen molar-refractivity contribution in [2.24, 2.45) is 0 Å². The third-order valence-electron chi connectivity index (χ3n) is 3.44. The van der Waals surface area contributed by atoms with E-state index < -0.39 is 0 Å². The van der Waals surface area contributed by atoms with Crippen molar-refractivity contribution in [3.63, 3.8) is 0 Å². The third-order valence-corrected chi connectivity index (χ3v) is 4.27. The van der Waals surface area contributed by atoms with Gasteiger partial charge in [0.15, 0.2) is 0 Å². The molecule has 1 saturated heterocycles. The first-order valence-corrected chi connectivity index (χ1v) is 6.99. The molecule has 90 valence electrons. The summed E-state index contributed by atoms with van der Waals surface area (Å²) >= 11 is 1.73. The van der Waals surface area contributed by atoms with E-state index in [9.17, 15) is 0 Å². The molecule has 1 aliphatic heterocycles. The van der Waals surface area contributed by atoms with Crippen LogP contribution in [-0.2, 0) is 6.54 Å². The van der Waals surface area contributed by atoms with Crippen LogP contribution in [0.3, 0.4) is 0 Å². The van der Waals surface area contributed by atoms with E-state index in [1.807, 2.05) is 0 Å². The van der Waals surface area contributed by atoms with Gasteiger partial charge >= 0.3 is 0 Å². The van der Waals surface area contributed by atoms with E-state index in [4.69, 9.17) is 0 Å². The number of nitrogens with one attached hydrogen (secondary N) is 2. The molecular weight excluding hydrogens is 218 g/mol. The molecule has 0 spiro atoms. The predicted molar refractivity (Wildman–Crippen MR) is 68.8 cm³/mol. The van der Waals surface area contributed by atoms with Crippen LogP contribution in [0, 0.1) is 6.92 Å². The van der Waals surface area contributed by atoms with Crippen LogP contribution in [0.15, 0.2) is 5.38 Å². The highest BCUT2D eigenvalue weighted by Gasteiger charge is 2.30. The minimum atomic E-state index is 0.338. The molecule has 16 heavy (non-hydrogen) atoms. The Morgan fingerprint density at radius 3 is 3.06 bits per heavy atom. The van der Waals surface area contributed by atoms with E-state index >= 15 is 0 Å². The van der Waals surface area contributed by atoms with Crippen LogP contribution in [0.2, 0.25) is 0 Å². The first kappa shape index (κ1) is 12.0. The van der Waals surface area contributed by atoms with Gasteiger partial charge in [-0.25, -0.2) is 4.98 Å². The van der Waals surface area contributed by atoms with Gasteiger partial charge in [0.05, 0.1) is 10.7 Å². The number of nitrogens with zero attached hydrogens (tertiary/aromatic N) is 1. The summed E-state index contributed by atoms with van der Waals surface area (Å²) in [6, 6.07) is 0. The van der Waals surface area contributed by atoms with E-state index in [2.05, 4.69) is 34.8 Å². The quantitative estimate of drug-likeness (QED) is 0.826. The Hall–Kier alpha value is -0.450. The maximum Gasteiger partial charge on any atom is 0.0897 e. The molecule has 1 aromatic heterocycles. The van der Waals surface area contributed by atoms with Gasteiger partial charge in [-0.15, -0.1) is 11.3 Å². The summed E-state index contributed by atoms with van der Waals surface area (Å²) in [5.41, 5.74) is 1.51. The van der Waals surface area contributed by atoms with Crippen LogP contribution in [0.1, 0.15) is 36.9 Å². The van der Waals surface area contributed by atoms with Crippen molar-refractivity contribution in [3.05, 3.63) is 16.1 Å². The van der Waals surface area contributed by atoms with Gasteiger partial charge in [0, 0.05) is 24.0 Å². The SMILES string of the molecule is CCC1(CNCc2csc(C)n2)CCCN1. The second kappa shape index (κ2) is 5.25. The van der Waals surface area contributed by atoms with Crippen LogP contribution in [0.4, 0.5) is 0 Å². The van der Waals surface area contributed by atoms with E-state index in [-0.39, 0.29) is 0 Å². The average molecular weight is 239 g/mol. The minimum absolute atomic E-state index is 0.338. The van der Waals surface area contributed by atoms with E-state index in [1.54, 1.807) is 11.3 Å². The highest BCUT2D eigenvalue weighted by atomic mass is 32.1. The molecule has 4 heteroatoms. The van der Waals surface area contributed by atoms with E-state index in [1.165, 1.54) is 31.5 Å². The Morgan fingerprint density at radius 1 is 1.62 bits per heavy atom. The summed E-state index contributed by atoms with van der Waals surface area (Å²) in [4.78, 5) is 4.46. The van der Waals surface area contributed by atoms with E-state index in [0.29, 0.717) is 5.54 Å². The molecule has 1 aliphatic rings. The average Bonchev–Trinajstić information content (AvgIpc) is 2.89. The number of aromatic nitrogens is 1. The maximum atomic E-state index is 4.46. The second-order valence-corrected chi connectivity index (χ2v) is 5.69. The third kappa shape index (κ3) is 2.81. The first-order chi connectivity index (χ1) is 7.74. The highest BCUT2D eigenvalue weighted by Crippen LogP contribution is 2.22. The van der Waals surface area contributed by atoms with Crippen molar-refractivity contribution in [1.82, 2.24) is 15.6 Å². The number of hydrogen-bond acceptors (Lipinski definition) is 4. The first-order valence-electron chi connectivity index (χ1n) is 6.11. The van der Waals surface area contributed by atoms with Gasteiger partial charge in [0.25, 0.3) is 0 Å². The molecule has 2 N–H and O–H groups in total. The fourth-order valence-electron chi connectivity index (χ4n) is 2.37. The summed E-state index contributed by atoms with van der Waals surface area (Å²) in [7, 11) is 0. The summed E-state index contributed by atoms with van der Waals surface area (Å²) < 4.78 is 0. The summed E-state index contributed by atoms with van der Waals surface area (Å²) in [6.07, 6.45) is 3.81. The molecule has 2 rings (SSSR count). The normalized spacial score (nSPS) is 25.1. The van der Waals surface area contributed by atoms with Gasteiger partial charge in [-0.3, -0.25) is 0 Å². The molecule has 1 fully saturated rings. The predicted octanol–water partition coefficient (Wildman–Crippen LogP) is 2.07. The molecule has 2 heterocycles. The van der Waals surface area contributed by atoms with Crippen LogP contribution in [0.5, 0.6) is 0 Å². The van der Waals surface area contributed by atoms with Crippen molar-refractivity contribution < 1.29 is 0 Å². The van der Waals surface area contributed by atoms with Crippen molar-refractivity contribution in [1.29, 1.82) is 0 Å². The highest BCUT2D eigenvalue weighted by molar-refractivity contribution is 7.09. The molecular formula is C12H21N3S. The molecule has 1 unspecified atom stereocenters. The number of rotatable bonds is 5. The van der Waals surface area contributed by atoms with Gasteiger partial charge in [-0.2, -0.15) is 0 Å². The lowest BCUT2D eigenvalue weighted by Crippen LogP contribution is -2.47. The van der Waals surface area contributed by atoms with Crippen LogP contribution >= 0.6 is 11.3 Å². The Balaban J connectivity index is 1.78. The Bertz CT molecular complexity index is 329. The molecule has 0 aliphatic carbocycles. The lowest BCUT2D eigenvalue weighted by molar-refractivity contribution is 0.339. The summed E-state index contributed by atoms with van der Waals surface area (Å²) in [5, 5.41) is 10.5. The lowest BCUT2D eigenvalue weighted by atomic mass is 9.94. The van der Waals surface area contributed by atoms with Crippen LogP contribution in [0.25, 0.3) is 0 Å². The molecule has 0 saturated carbocycles. The molecule has 0 radical (unpaired) electrons. The lowest BCUT2D eigenvalue weighted by Gasteiger charge is -2.28. The Morgan fingerprint density at radius 2 is 2.50 bits per heavy atom. The molecule has 1 atom stereocenters. The molecule has 3 nitrogen and oxygen atoms in total. The molecule has 0 bridgehead atoms. The van der Waals surface area contributed by atoms with Gasteiger partial charge in [-0.1, -0.05) is 6.92 Å². The second-order valence-electron chi connectivity index (χ2n) is 4.63. The van der Waals surface area contributed by atoms with Crippen molar-refractivity contribution in [2.75, 3.05) is 13.1 Å². The zero-order valence-corrected chi connectivity index (χ0v) is 11.0. The monoisotopic (exact) mass is 239 g/mol. The number of aryl methyl sites for hydroxylation is 1. The zero-order valence-electron chi connectivity index (χ0n) is 10.2. The van der Waals surface area contributed by atoms with Crippen molar-refractivity contribution in [3.8, 4) is 0 Å². The fraction of sp³-hybridized carbons (Fsp3) is 0.750. The van der Waals surface area contributed by atoms with Gasteiger partial charge in [0.1, 0.15) is 0 Å². The van der Waals surface area contributed by atoms with Crippen molar-refractivity contribution in [2.45, 2.75) is 45.2 Å². The number of hydrogen-bond donors (Lipinski definition) is 2. The molecule has 0 aromatic carbocycles. The molecule has 0 amide bonds. The van der Waals surface area contributed by atoms with Gasteiger partial charge in [0.2, 0.25) is 0 Å². The number of thiazole rings is 1. The Labute approximate surface area is 102 Å². The Kier molecular flexibility index (Phi) is 3.95. The zero-order chi connectivity index (χ0) is 11.4. The smallest absolute Gasteiger partial charge is 0.0897 e. The van der Waals surface area contributed by atoms with Crippen molar-refractivity contribution >= 4 is 11.3 Å². The molecule has 1 aromatic rings. The standard InChI is InChI=1S/C12H21N3S/c1-3-12(5-4-6-14-12)9-13-7-11-8-16-10(2)15-11/h8,13-14H,3-7,9H2,1-2H3. The van der Waals surface area contributed by atoms with Crippen LogP contribution in [-0.4, -0.2) is 23.6 Å². The fourth-order valence-corrected chi connectivity index (χ4v) is 2.98. The largest absolute Gasteiger partial charge is 0.310 e. The maximum absolute atomic E-state index is 4.46. The summed E-state index contributed by atoms with van der Waals surface area (Å²) in [5.74, 6) is 0. The topological polar surface area (TPSA) is 37.0 Å². The van der Waals surface area contributed by atoms with Crippen LogP contribution < -0.4 is 10.6 Å². The van der Waals surface area contributed by atoms with Gasteiger partial charge < -0.3 is 10.6 Å². The van der Waals surface area contributed by atoms with Gasteiger partial charge in [-0.05, 0) is 32.7 Å². The van der Waals surface area contributed by atoms with E-state index in [0.717, 1.165) is 18.1 Å². The summed E-state index contributed by atoms with van der Waals surface area (Å²) in [6.45, 7) is 7.45.